The molecule has 0 fully saturated rings. The summed E-state index contributed by atoms with van der Waals surface area (Å²) in [7, 11) is 0. The molecule has 0 saturated carbocycles. The van der Waals surface area contributed by atoms with Crippen LogP contribution >= 0.6 is 22.7 Å². The van der Waals surface area contributed by atoms with Crippen molar-refractivity contribution < 1.29 is 0 Å². The first kappa shape index (κ1) is 52.6. The highest BCUT2D eigenvalue weighted by Gasteiger charge is 2.47. The molecule has 70 heavy (non-hydrogen) atoms. The molecule has 4 unspecified atom stereocenters. The lowest BCUT2D eigenvalue weighted by Crippen LogP contribution is -2.31. The molecule has 2 aliphatic rings. The van der Waals surface area contributed by atoms with Gasteiger partial charge in [-0.25, -0.2) is 0 Å². The van der Waals surface area contributed by atoms with Crippen LogP contribution in [-0.4, -0.2) is 0 Å². The Morgan fingerprint density at radius 2 is 0.629 bits per heavy atom. The Labute approximate surface area is 435 Å². The fourth-order valence-electron chi connectivity index (χ4n) is 13.6. The first-order valence-electron chi connectivity index (χ1n) is 28.8. The predicted molar refractivity (Wildman–Crippen MR) is 312 cm³/mol. The third-order valence-electron chi connectivity index (χ3n) is 17.8. The first-order valence-corrected chi connectivity index (χ1v) is 30.4. The summed E-state index contributed by atoms with van der Waals surface area (Å²) in [5.41, 5.74) is 18.1. The molecule has 0 saturated heterocycles. The normalized spacial score (nSPS) is 18.6. The minimum atomic E-state index is 0.0475. The molecule has 6 aromatic rings. The van der Waals surface area contributed by atoms with Gasteiger partial charge in [0.1, 0.15) is 0 Å². The molecule has 0 radical (unpaired) electrons. The summed E-state index contributed by atoms with van der Waals surface area (Å²) in [6.07, 6.45) is 25.9. The summed E-state index contributed by atoms with van der Waals surface area (Å²) in [4.78, 5) is 5.55. The minimum Gasteiger partial charge on any atom is -0.134 e. The van der Waals surface area contributed by atoms with Crippen molar-refractivity contribution in [3.05, 3.63) is 130 Å². The summed E-state index contributed by atoms with van der Waals surface area (Å²) < 4.78 is 0. The molecule has 2 heterocycles. The molecule has 2 aromatic heterocycles. The van der Waals surface area contributed by atoms with E-state index in [1.54, 1.807) is 22.3 Å². The van der Waals surface area contributed by atoms with E-state index in [1.165, 1.54) is 192 Å². The molecule has 4 atom stereocenters. The minimum absolute atomic E-state index is 0.0475. The van der Waals surface area contributed by atoms with E-state index in [1.807, 2.05) is 22.7 Å². The summed E-state index contributed by atoms with van der Waals surface area (Å²) in [5, 5.41) is 0. The Bertz CT molecular complexity index is 2410. The van der Waals surface area contributed by atoms with Crippen molar-refractivity contribution in [2.45, 2.75) is 208 Å². The van der Waals surface area contributed by atoms with Crippen LogP contribution in [0.5, 0.6) is 0 Å². The number of hydrogen-bond acceptors (Lipinski definition) is 2. The van der Waals surface area contributed by atoms with Crippen LogP contribution < -0.4 is 0 Å². The maximum Gasteiger partial charge on any atom is 0.0449 e. The van der Waals surface area contributed by atoms with E-state index in [4.69, 9.17) is 0 Å². The van der Waals surface area contributed by atoms with Crippen molar-refractivity contribution in [1.29, 1.82) is 0 Å². The average molecular weight is 972 g/mol. The van der Waals surface area contributed by atoms with Gasteiger partial charge in [-0.05, 0) is 155 Å². The largest absolute Gasteiger partial charge is 0.134 e. The molecule has 0 spiro atoms. The SMILES string of the molecule is CCCCC(CC)CC1(CC(CC)CCCC)c2cc(C)ccc2-c2ccc(-c3ccc(-c4ccc(-c5ccc6c(c5)C(CC(CC)CCCC)(CC(CC)CCCC)c5cc(C)ccc5-6)s4)s3)cc21. The maximum atomic E-state index is 2.67. The quantitative estimate of drug-likeness (QED) is 0.0483. The second-order valence-electron chi connectivity index (χ2n) is 22.6. The first-order chi connectivity index (χ1) is 34.1. The molecule has 4 aromatic carbocycles. The average Bonchev–Trinajstić information content (AvgIpc) is 4.18. The van der Waals surface area contributed by atoms with Gasteiger partial charge in [-0.15, -0.1) is 22.7 Å². The molecule has 0 aliphatic heterocycles. The Balaban J connectivity index is 1.16. The number of aryl methyl sites for hydroxylation is 2. The number of fused-ring (bicyclic) bond motifs is 6. The molecular weight excluding hydrogens is 881 g/mol. The lowest BCUT2D eigenvalue weighted by atomic mass is 9.65. The second kappa shape index (κ2) is 23.9. The number of unbranched alkanes of at least 4 members (excludes halogenated alkanes) is 4. The van der Waals surface area contributed by atoms with Crippen molar-refractivity contribution in [3.8, 4) is 52.9 Å². The predicted octanol–water partition coefficient (Wildman–Crippen LogP) is 22.4. The zero-order chi connectivity index (χ0) is 49.4. The van der Waals surface area contributed by atoms with Gasteiger partial charge >= 0.3 is 0 Å². The smallest absolute Gasteiger partial charge is 0.0449 e. The van der Waals surface area contributed by atoms with Crippen molar-refractivity contribution in [3.63, 3.8) is 0 Å². The summed E-state index contributed by atoms with van der Waals surface area (Å²) in [6, 6.07) is 39.8. The molecule has 0 N–H and O–H groups in total. The summed E-state index contributed by atoms with van der Waals surface area (Å²) >= 11 is 3.99. The van der Waals surface area contributed by atoms with E-state index < -0.39 is 0 Å². The lowest BCUT2D eigenvalue weighted by molar-refractivity contribution is 0.266. The molecule has 8 rings (SSSR count). The monoisotopic (exact) mass is 971 g/mol. The third kappa shape index (κ3) is 10.8. The van der Waals surface area contributed by atoms with Crippen LogP contribution in [0.2, 0.25) is 0 Å². The van der Waals surface area contributed by atoms with Gasteiger partial charge in [0, 0.05) is 30.3 Å². The van der Waals surface area contributed by atoms with Crippen molar-refractivity contribution in [1.82, 2.24) is 0 Å². The summed E-state index contributed by atoms with van der Waals surface area (Å²) in [5.74, 6) is 2.92. The van der Waals surface area contributed by atoms with E-state index in [-0.39, 0.29) is 10.8 Å². The van der Waals surface area contributed by atoms with Gasteiger partial charge in [0.2, 0.25) is 0 Å². The van der Waals surface area contributed by atoms with E-state index in [0.29, 0.717) is 0 Å². The Morgan fingerprint density at radius 3 is 0.929 bits per heavy atom. The molecule has 2 aliphatic carbocycles. The fraction of sp³-hybridized carbons (Fsp3) is 0.529. The molecule has 374 valence electrons. The van der Waals surface area contributed by atoms with Gasteiger partial charge in [0.25, 0.3) is 0 Å². The van der Waals surface area contributed by atoms with Crippen molar-refractivity contribution in [2.24, 2.45) is 23.7 Å². The molecule has 2 heteroatoms. The topological polar surface area (TPSA) is 0 Å². The second-order valence-corrected chi connectivity index (χ2v) is 24.8. The number of rotatable bonds is 27. The zero-order valence-electron chi connectivity index (χ0n) is 45.5. The van der Waals surface area contributed by atoms with Crippen molar-refractivity contribution >= 4 is 22.7 Å². The van der Waals surface area contributed by atoms with E-state index >= 15 is 0 Å². The van der Waals surface area contributed by atoms with Gasteiger partial charge in [-0.2, -0.15) is 0 Å². The Hall–Kier alpha value is -3.72. The van der Waals surface area contributed by atoms with Crippen LogP contribution in [0.15, 0.2) is 97.1 Å². The van der Waals surface area contributed by atoms with Crippen LogP contribution in [0.4, 0.5) is 0 Å². The fourth-order valence-corrected chi connectivity index (χ4v) is 15.7. The number of hydrogen-bond donors (Lipinski definition) is 0. The van der Waals surface area contributed by atoms with Gasteiger partial charge in [-0.3, -0.25) is 0 Å². The van der Waals surface area contributed by atoms with Gasteiger partial charge < -0.3 is 0 Å². The molecular formula is C68H90S2. The Morgan fingerprint density at radius 1 is 0.343 bits per heavy atom. The maximum absolute atomic E-state index is 2.67. The van der Waals surface area contributed by atoms with Gasteiger partial charge in [0.15, 0.2) is 0 Å². The standard InChI is InChI=1S/C68H90S2/c1-11-19-23-49(15-5)43-67(44-50(16-6)24-20-12-2)59-39-47(9)27-31-55(59)57-33-29-53(41-61(57)67)63-35-37-65(69-63)66-38-36-64(70-66)54-30-34-58-56-32-28-48(10)40-60(56)68(62(58)42-54,45-51(17-7)25-21-13-3)46-52(18-8)26-22-14-4/h27-42,49-52H,11-26,43-46H2,1-10H3. The van der Waals surface area contributed by atoms with E-state index in [0.717, 1.165) is 23.7 Å². The van der Waals surface area contributed by atoms with E-state index in [2.05, 4.69) is 166 Å². The third-order valence-corrected chi connectivity index (χ3v) is 20.2. The highest BCUT2D eigenvalue weighted by molar-refractivity contribution is 7.25. The van der Waals surface area contributed by atoms with Crippen LogP contribution in [0.25, 0.3) is 52.9 Å². The van der Waals surface area contributed by atoms with Crippen LogP contribution in [0, 0.1) is 37.5 Å². The van der Waals surface area contributed by atoms with E-state index in [9.17, 15) is 0 Å². The zero-order valence-corrected chi connectivity index (χ0v) is 47.1. The van der Waals surface area contributed by atoms with Gasteiger partial charge in [0.05, 0.1) is 0 Å². The molecule has 0 amide bonds. The highest BCUT2D eigenvalue weighted by Crippen LogP contribution is 2.59. The number of thiophene rings is 2. The van der Waals surface area contributed by atoms with Gasteiger partial charge in [-0.1, -0.05) is 230 Å². The van der Waals surface area contributed by atoms with Crippen LogP contribution in [0.3, 0.4) is 0 Å². The molecule has 0 bridgehead atoms. The van der Waals surface area contributed by atoms with Crippen molar-refractivity contribution in [2.75, 3.05) is 0 Å². The number of benzene rings is 4. The molecule has 0 nitrogen and oxygen atoms in total. The summed E-state index contributed by atoms with van der Waals surface area (Å²) in [6.45, 7) is 23.9. The lowest BCUT2D eigenvalue weighted by Gasteiger charge is -2.39. The van der Waals surface area contributed by atoms with Crippen LogP contribution in [-0.2, 0) is 10.8 Å². The van der Waals surface area contributed by atoms with Crippen LogP contribution in [0.1, 0.15) is 217 Å². The highest BCUT2D eigenvalue weighted by atomic mass is 32.1. The Kier molecular flexibility index (Phi) is 17.9.